The van der Waals surface area contributed by atoms with Crippen molar-refractivity contribution in [2.24, 2.45) is 0 Å². The fraction of sp³-hybridized carbons (Fsp3) is 0.250. The summed E-state index contributed by atoms with van der Waals surface area (Å²) >= 11 is 0. The maximum atomic E-state index is 11.7. The molecule has 1 heterocycles. The van der Waals surface area contributed by atoms with Gasteiger partial charge in [-0.3, -0.25) is 9.78 Å². The summed E-state index contributed by atoms with van der Waals surface area (Å²) in [6, 6.07) is 11.6. The van der Waals surface area contributed by atoms with E-state index in [0.29, 0.717) is 12.3 Å². The number of aryl methyl sites for hydroxylation is 2. The number of carbonyl (C=O) groups is 1. The van der Waals surface area contributed by atoms with Gasteiger partial charge in [-0.15, -0.1) is 0 Å². The predicted octanol–water partition coefficient (Wildman–Crippen LogP) is 2.39. The minimum absolute atomic E-state index is 0.00335. The van der Waals surface area contributed by atoms with Gasteiger partial charge in [0.1, 0.15) is 5.75 Å². The van der Waals surface area contributed by atoms with Gasteiger partial charge in [-0.1, -0.05) is 24.3 Å². The van der Waals surface area contributed by atoms with Crippen LogP contribution < -0.4 is 10.1 Å². The molecule has 0 saturated heterocycles. The minimum Gasteiger partial charge on any atom is -0.482 e. The Morgan fingerprint density at radius 3 is 2.70 bits per heavy atom. The molecule has 1 amide bonds. The summed E-state index contributed by atoms with van der Waals surface area (Å²) in [4.78, 5) is 15.8. The van der Waals surface area contributed by atoms with Gasteiger partial charge in [-0.25, -0.2) is 0 Å². The molecule has 2 rings (SSSR count). The molecule has 0 atom stereocenters. The second-order valence-corrected chi connectivity index (χ2v) is 4.63. The van der Waals surface area contributed by atoms with Crippen LogP contribution in [0.5, 0.6) is 5.75 Å². The van der Waals surface area contributed by atoms with E-state index in [1.165, 1.54) is 0 Å². The van der Waals surface area contributed by atoms with Crippen LogP contribution in [0.25, 0.3) is 0 Å². The number of carbonyl (C=O) groups excluding carboxylic acids is 1. The average Bonchev–Trinajstić information content (AvgIpc) is 2.46. The van der Waals surface area contributed by atoms with Crippen molar-refractivity contribution in [3.8, 4) is 5.75 Å². The van der Waals surface area contributed by atoms with E-state index in [0.717, 1.165) is 16.8 Å². The zero-order chi connectivity index (χ0) is 14.4. The molecule has 0 spiro atoms. The van der Waals surface area contributed by atoms with E-state index in [1.54, 1.807) is 12.3 Å². The van der Waals surface area contributed by atoms with Crippen molar-refractivity contribution in [2.45, 2.75) is 20.4 Å². The van der Waals surface area contributed by atoms with Gasteiger partial charge in [0.15, 0.2) is 6.61 Å². The first-order valence-corrected chi connectivity index (χ1v) is 6.52. The molecular formula is C16H18N2O2. The number of aromatic nitrogens is 1. The zero-order valence-corrected chi connectivity index (χ0v) is 11.7. The summed E-state index contributed by atoms with van der Waals surface area (Å²) in [5.41, 5.74) is 3.19. The van der Waals surface area contributed by atoms with E-state index in [1.807, 2.05) is 44.2 Å². The van der Waals surface area contributed by atoms with Crippen molar-refractivity contribution in [2.75, 3.05) is 6.61 Å². The highest BCUT2D eigenvalue weighted by Gasteiger charge is 2.04. The number of benzene rings is 1. The molecule has 0 aliphatic rings. The normalized spacial score (nSPS) is 10.1. The Hall–Kier alpha value is -2.36. The third kappa shape index (κ3) is 4.09. The van der Waals surface area contributed by atoms with Crippen LogP contribution >= 0.6 is 0 Å². The quantitative estimate of drug-likeness (QED) is 0.907. The average molecular weight is 270 g/mol. The van der Waals surface area contributed by atoms with Gasteiger partial charge >= 0.3 is 0 Å². The van der Waals surface area contributed by atoms with Crippen molar-refractivity contribution in [1.82, 2.24) is 10.3 Å². The van der Waals surface area contributed by atoms with Crippen LogP contribution in [-0.4, -0.2) is 17.5 Å². The Morgan fingerprint density at radius 2 is 2.00 bits per heavy atom. The molecule has 1 N–H and O–H groups in total. The highest BCUT2D eigenvalue weighted by molar-refractivity contribution is 5.77. The van der Waals surface area contributed by atoms with Crippen molar-refractivity contribution < 1.29 is 9.53 Å². The molecule has 0 unspecified atom stereocenters. The van der Waals surface area contributed by atoms with Gasteiger partial charge in [0.25, 0.3) is 5.91 Å². The number of pyridine rings is 1. The van der Waals surface area contributed by atoms with Crippen LogP contribution in [0, 0.1) is 13.8 Å². The molecule has 2 aromatic rings. The summed E-state index contributed by atoms with van der Waals surface area (Å²) in [6.07, 6.45) is 1.62. The smallest absolute Gasteiger partial charge is 0.258 e. The lowest BCUT2D eigenvalue weighted by atomic mass is 10.1. The lowest BCUT2D eigenvalue weighted by molar-refractivity contribution is -0.123. The van der Waals surface area contributed by atoms with Gasteiger partial charge in [-0.05, 0) is 37.1 Å². The molecule has 0 saturated carbocycles. The standard InChI is InChI=1S/C16H18N2O2/c1-12-5-3-4-6-14(12)9-18-16(19)11-20-15-8-7-13(2)17-10-15/h3-8,10H,9,11H2,1-2H3,(H,18,19). The first-order valence-electron chi connectivity index (χ1n) is 6.52. The lowest BCUT2D eigenvalue weighted by Gasteiger charge is -2.09. The first kappa shape index (κ1) is 14.1. The van der Waals surface area contributed by atoms with E-state index in [4.69, 9.17) is 4.74 Å². The van der Waals surface area contributed by atoms with Gasteiger partial charge < -0.3 is 10.1 Å². The molecule has 0 fully saturated rings. The van der Waals surface area contributed by atoms with E-state index in [2.05, 4.69) is 10.3 Å². The van der Waals surface area contributed by atoms with E-state index >= 15 is 0 Å². The molecule has 0 aliphatic carbocycles. The predicted molar refractivity (Wildman–Crippen MR) is 77.5 cm³/mol. The Balaban J connectivity index is 1.78. The Morgan fingerprint density at radius 1 is 1.20 bits per heavy atom. The van der Waals surface area contributed by atoms with Gasteiger partial charge in [0.2, 0.25) is 0 Å². The number of nitrogens with zero attached hydrogens (tertiary/aromatic N) is 1. The maximum absolute atomic E-state index is 11.7. The summed E-state index contributed by atoms with van der Waals surface area (Å²) in [5, 5.41) is 2.84. The van der Waals surface area contributed by atoms with Crippen molar-refractivity contribution in [1.29, 1.82) is 0 Å². The first-order chi connectivity index (χ1) is 9.65. The topological polar surface area (TPSA) is 51.2 Å². The van der Waals surface area contributed by atoms with E-state index in [9.17, 15) is 4.79 Å². The van der Waals surface area contributed by atoms with Gasteiger partial charge in [-0.2, -0.15) is 0 Å². The molecule has 104 valence electrons. The fourth-order valence-corrected chi connectivity index (χ4v) is 1.74. The Labute approximate surface area is 118 Å². The molecule has 1 aromatic heterocycles. The number of ether oxygens (including phenoxy) is 1. The summed E-state index contributed by atoms with van der Waals surface area (Å²) in [5.74, 6) is 0.454. The number of hydrogen-bond acceptors (Lipinski definition) is 3. The fourth-order valence-electron chi connectivity index (χ4n) is 1.74. The maximum Gasteiger partial charge on any atom is 0.258 e. The highest BCUT2D eigenvalue weighted by Crippen LogP contribution is 2.08. The van der Waals surface area contributed by atoms with Crippen LogP contribution in [0.1, 0.15) is 16.8 Å². The van der Waals surface area contributed by atoms with Crippen molar-refractivity contribution in [3.05, 3.63) is 59.4 Å². The monoisotopic (exact) mass is 270 g/mol. The highest BCUT2D eigenvalue weighted by atomic mass is 16.5. The van der Waals surface area contributed by atoms with E-state index in [-0.39, 0.29) is 12.5 Å². The lowest BCUT2D eigenvalue weighted by Crippen LogP contribution is -2.28. The number of rotatable bonds is 5. The SMILES string of the molecule is Cc1ccc(OCC(=O)NCc2ccccc2C)cn1. The third-order valence-corrected chi connectivity index (χ3v) is 2.99. The van der Waals surface area contributed by atoms with Crippen molar-refractivity contribution >= 4 is 5.91 Å². The minimum atomic E-state index is -0.145. The van der Waals surface area contributed by atoms with Crippen LogP contribution in [0.4, 0.5) is 0 Å². The summed E-state index contributed by atoms with van der Waals surface area (Å²) in [6.45, 7) is 4.44. The molecule has 0 aliphatic heterocycles. The van der Waals surface area contributed by atoms with Crippen LogP contribution in [0.15, 0.2) is 42.6 Å². The summed E-state index contributed by atoms with van der Waals surface area (Å²) in [7, 11) is 0. The largest absolute Gasteiger partial charge is 0.482 e. The number of hydrogen-bond donors (Lipinski definition) is 1. The number of amides is 1. The second-order valence-electron chi connectivity index (χ2n) is 4.63. The number of nitrogens with one attached hydrogen (secondary N) is 1. The van der Waals surface area contributed by atoms with E-state index < -0.39 is 0 Å². The molecule has 0 radical (unpaired) electrons. The van der Waals surface area contributed by atoms with Crippen molar-refractivity contribution in [3.63, 3.8) is 0 Å². The summed E-state index contributed by atoms with van der Waals surface area (Å²) < 4.78 is 5.37. The van der Waals surface area contributed by atoms with Crippen LogP contribution in [0.2, 0.25) is 0 Å². The third-order valence-electron chi connectivity index (χ3n) is 2.99. The van der Waals surface area contributed by atoms with Crippen LogP contribution in [-0.2, 0) is 11.3 Å². The van der Waals surface area contributed by atoms with Gasteiger partial charge in [0, 0.05) is 12.2 Å². The molecule has 0 bridgehead atoms. The zero-order valence-electron chi connectivity index (χ0n) is 11.7. The Kier molecular flexibility index (Phi) is 4.71. The molecule has 20 heavy (non-hydrogen) atoms. The second kappa shape index (κ2) is 6.70. The molecule has 4 nitrogen and oxygen atoms in total. The molecule has 1 aromatic carbocycles. The van der Waals surface area contributed by atoms with Gasteiger partial charge in [0.05, 0.1) is 6.20 Å². The molecular weight excluding hydrogens is 252 g/mol. The molecule has 4 heteroatoms. The van der Waals surface area contributed by atoms with Crippen LogP contribution in [0.3, 0.4) is 0 Å². The Bertz CT molecular complexity index is 579.